The number of aryl methyl sites for hydroxylation is 1. The van der Waals surface area contributed by atoms with E-state index in [1.165, 1.54) is 25.2 Å². The highest BCUT2D eigenvalue weighted by atomic mass is 32.1. The summed E-state index contributed by atoms with van der Waals surface area (Å²) in [6, 6.07) is 4.15. The first kappa shape index (κ1) is 16.7. The maximum atomic E-state index is 12.3. The number of anilines is 1. The Kier molecular flexibility index (Phi) is 4.27. The number of alkyl halides is 2. The summed E-state index contributed by atoms with van der Waals surface area (Å²) in [5, 5.41) is 17.2. The first-order chi connectivity index (χ1) is 11.8. The lowest BCUT2D eigenvalue weighted by atomic mass is 10.3. The zero-order chi connectivity index (χ0) is 18.1. The molecule has 3 rings (SSSR count). The van der Waals surface area contributed by atoms with Gasteiger partial charge in [-0.1, -0.05) is 11.3 Å². The van der Waals surface area contributed by atoms with Gasteiger partial charge in [-0.05, 0) is 18.2 Å². The Balaban J connectivity index is 1.87. The van der Waals surface area contributed by atoms with Crippen molar-refractivity contribution >= 4 is 38.3 Å². The van der Waals surface area contributed by atoms with Crippen molar-refractivity contribution in [1.82, 2.24) is 14.8 Å². The number of thiazole rings is 1. The van der Waals surface area contributed by atoms with E-state index in [4.69, 9.17) is 0 Å². The highest BCUT2D eigenvalue weighted by Gasteiger charge is 2.26. The number of fused-ring (bicyclic) bond motifs is 1. The summed E-state index contributed by atoms with van der Waals surface area (Å²) in [5.41, 5.74) is -0.207. The predicted molar refractivity (Wildman–Crippen MR) is 84.1 cm³/mol. The van der Waals surface area contributed by atoms with Crippen LogP contribution in [0.1, 0.15) is 10.5 Å². The topological polar surface area (TPSA) is 112 Å². The average Bonchev–Trinajstić information content (AvgIpc) is 3.08. The largest absolute Gasteiger partial charge is 0.435 e. The van der Waals surface area contributed by atoms with Gasteiger partial charge in [0.05, 0.1) is 15.1 Å². The third-order valence-corrected chi connectivity index (χ3v) is 4.07. The standard InChI is InChI=1S/C13H9F2N5O4S/c1-19-10(8(5-16-19)20(22)23)11(21)18-13-17-7-3-2-6(24-12(14)15)4-9(7)25-13/h2-5,12H,1H3,(H,17,18,21). The molecule has 0 radical (unpaired) electrons. The average molecular weight is 369 g/mol. The molecule has 0 atom stereocenters. The van der Waals surface area contributed by atoms with Crippen LogP contribution in [0.25, 0.3) is 10.2 Å². The van der Waals surface area contributed by atoms with Gasteiger partial charge in [0.25, 0.3) is 5.91 Å². The molecule has 0 fully saturated rings. The number of rotatable bonds is 5. The van der Waals surface area contributed by atoms with Gasteiger partial charge in [-0.2, -0.15) is 13.9 Å². The van der Waals surface area contributed by atoms with Crippen molar-refractivity contribution in [1.29, 1.82) is 0 Å². The van der Waals surface area contributed by atoms with E-state index < -0.39 is 23.1 Å². The number of nitrogens with zero attached hydrogens (tertiary/aromatic N) is 4. The first-order valence-electron chi connectivity index (χ1n) is 6.68. The van der Waals surface area contributed by atoms with Gasteiger partial charge in [0, 0.05) is 7.05 Å². The Morgan fingerprint density at radius 1 is 1.48 bits per heavy atom. The normalized spacial score (nSPS) is 11.0. The minimum atomic E-state index is -2.95. The Morgan fingerprint density at radius 3 is 2.92 bits per heavy atom. The Hall–Kier alpha value is -3.15. The molecular formula is C13H9F2N5O4S. The Bertz CT molecular complexity index is 971. The van der Waals surface area contributed by atoms with E-state index in [9.17, 15) is 23.7 Å². The number of benzene rings is 1. The first-order valence-corrected chi connectivity index (χ1v) is 7.50. The fraction of sp³-hybridized carbons (Fsp3) is 0.154. The molecule has 0 bridgehead atoms. The van der Waals surface area contributed by atoms with Crippen LogP contribution in [0.2, 0.25) is 0 Å². The molecule has 0 aliphatic carbocycles. The van der Waals surface area contributed by atoms with Crippen LogP contribution in [0.15, 0.2) is 24.4 Å². The number of aromatic nitrogens is 3. The van der Waals surface area contributed by atoms with Gasteiger partial charge in [-0.15, -0.1) is 0 Å². The van der Waals surface area contributed by atoms with Crippen molar-refractivity contribution in [3.8, 4) is 5.75 Å². The molecule has 3 aromatic rings. The summed E-state index contributed by atoms with van der Waals surface area (Å²) < 4.78 is 30.4. The summed E-state index contributed by atoms with van der Waals surface area (Å²) in [6.07, 6.45) is 0.973. The van der Waals surface area contributed by atoms with E-state index >= 15 is 0 Å². The van der Waals surface area contributed by atoms with E-state index in [0.29, 0.717) is 10.2 Å². The molecule has 0 aliphatic heterocycles. The number of ether oxygens (including phenoxy) is 1. The SMILES string of the molecule is Cn1ncc([N+](=O)[O-])c1C(=O)Nc1nc2ccc(OC(F)F)cc2s1. The van der Waals surface area contributed by atoms with Crippen molar-refractivity contribution < 1.29 is 23.2 Å². The number of carbonyl (C=O) groups excluding carboxylic acids is 1. The van der Waals surface area contributed by atoms with Crippen LogP contribution in [0.5, 0.6) is 5.75 Å². The van der Waals surface area contributed by atoms with Crippen LogP contribution < -0.4 is 10.1 Å². The van der Waals surface area contributed by atoms with E-state index in [0.717, 1.165) is 22.2 Å². The third-order valence-electron chi connectivity index (χ3n) is 3.14. The van der Waals surface area contributed by atoms with Crippen molar-refractivity contribution in [2.75, 3.05) is 5.32 Å². The van der Waals surface area contributed by atoms with Gasteiger partial charge in [0.1, 0.15) is 11.9 Å². The monoisotopic (exact) mass is 369 g/mol. The Labute approximate surface area is 142 Å². The van der Waals surface area contributed by atoms with E-state index in [-0.39, 0.29) is 16.6 Å². The molecule has 1 amide bonds. The van der Waals surface area contributed by atoms with Gasteiger partial charge >= 0.3 is 12.3 Å². The van der Waals surface area contributed by atoms with Gasteiger partial charge in [-0.25, -0.2) is 4.98 Å². The lowest BCUT2D eigenvalue weighted by Crippen LogP contribution is -2.17. The van der Waals surface area contributed by atoms with Crippen molar-refractivity contribution in [2.24, 2.45) is 7.05 Å². The number of carbonyl (C=O) groups is 1. The summed E-state index contributed by atoms with van der Waals surface area (Å²) in [4.78, 5) is 26.6. The highest BCUT2D eigenvalue weighted by Crippen LogP contribution is 2.30. The molecule has 0 saturated carbocycles. The molecule has 2 aromatic heterocycles. The van der Waals surface area contributed by atoms with Crippen LogP contribution in [-0.2, 0) is 7.05 Å². The summed E-state index contributed by atoms with van der Waals surface area (Å²) in [7, 11) is 1.40. The summed E-state index contributed by atoms with van der Waals surface area (Å²) in [6.45, 7) is -2.95. The highest BCUT2D eigenvalue weighted by molar-refractivity contribution is 7.22. The molecule has 0 aliphatic rings. The number of nitrogens with one attached hydrogen (secondary N) is 1. The molecule has 9 nitrogen and oxygen atoms in total. The molecule has 1 aromatic carbocycles. The lowest BCUT2D eigenvalue weighted by Gasteiger charge is -2.02. The molecule has 25 heavy (non-hydrogen) atoms. The quantitative estimate of drug-likeness (QED) is 0.547. The van der Waals surface area contributed by atoms with Crippen LogP contribution in [0, 0.1) is 10.1 Å². The van der Waals surface area contributed by atoms with Crippen LogP contribution in [0.3, 0.4) is 0 Å². The van der Waals surface area contributed by atoms with Crippen molar-refractivity contribution in [3.63, 3.8) is 0 Å². The van der Waals surface area contributed by atoms with Crippen molar-refractivity contribution in [3.05, 3.63) is 40.2 Å². The minimum Gasteiger partial charge on any atom is -0.435 e. The maximum Gasteiger partial charge on any atom is 0.387 e. The molecular weight excluding hydrogens is 360 g/mol. The molecule has 1 N–H and O–H groups in total. The second kappa shape index (κ2) is 6.39. The maximum absolute atomic E-state index is 12.3. The predicted octanol–water partition coefficient (Wildman–Crippen LogP) is 2.79. The smallest absolute Gasteiger partial charge is 0.387 e. The van der Waals surface area contributed by atoms with E-state index in [1.807, 2.05) is 0 Å². The molecule has 0 spiro atoms. The number of hydrogen-bond acceptors (Lipinski definition) is 7. The van der Waals surface area contributed by atoms with Crippen LogP contribution >= 0.6 is 11.3 Å². The second-order valence-corrected chi connectivity index (χ2v) is 5.77. The molecule has 130 valence electrons. The zero-order valence-corrected chi connectivity index (χ0v) is 13.3. The number of amides is 1. The Morgan fingerprint density at radius 2 is 2.24 bits per heavy atom. The van der Waals surface area contributed by atoms with E-state index in [1.54, 1.807) is 0 Å². The summed E-state index contributed by atoms with van der Waals surface area (Å²) in [5.74, 6) is -0.791. The minimum absolute atomic E-state index is 0.0358. The summed E-state index contributed by atoms with van der Waals surface area (Å²) >= 11 is 1.02. The zero-order valence-electron chi connectivity index (χ0n) is 12.5. The third kappa shape index (κ3) is 3.38. The fourth-order valence-corrected chi connectivity index (χ4v) is 3.00. The molecule has 12 heteroatoms. The lowest BCUT2D eigenvalue weighted by molar-refractivity contribution is -0.385. The fourth-order valence-electron chi connectivity index (χ4n) is 2.11. The van der Waals surface area contributed by atoms with Gasteiger partial charge in [0.2, 0.25) is 5.69 Å². The van der Waals surface area contributed by atoms with E-state index in [2.05, 4.69) is 20.1 Å². The van der Waals surface area contributed by atoms with Crippen LogP contribution in [-0.4, -0.2) is 32.2 Å². The van der Waals surface area contributed by atoms with Gasteiger partial charge in [-0.3, -0.25) is 24.9 Å². The molecule has 2 heterocycles. The molecule has 0 unspecified atom stereocenters. The molecule has 0 saturated heterocycles. The number of nitro groups is 1. The van der Waals surface area contributed by atoms with Crippen LogP contribution in [0.4, 0.5) is 19.6 Å². The van der Waals surface area contributed by atoms with Gasteiger partial charge < -0.3 is 4.74 Å². The second-order valence-electron chi connectivity index (χ2n) is 4.74. The van der Waals surface area contributed by atoms with Gasteiger partial charge in [0.15, 0.2) is 5.13 Å². The number of halogens is 2. The van der Waals surface area contributed by atoms with Crippen molar-refractivity contribution in [2.45, 2.75) is 6.61 Å². The number of hydrogen-bond donors (Lipinski definition) is 1.